The number of carboxylic acids is 1. The SMILES string of the molecule is Cn1ncc([N+](=O)[O-])c1C1(C(=O)O)CCCC1. The molecular weight excluding hydrogens is 226 g/mol. The van der Waals surface area contributed by atoms with Gasteiger partial charge in [-0.15, -0.1) is 0 Å². The normalized spacial score (nSPS) is 18.2. The van der Waals surface area contributed by atoms with E-state index in [1.165, 1.54) is 4.68 Å². The summed E-state index contributed by atoms with van der Waals surface area (Å²) in [5, 5.41) is 24.1. The first kappa shape index (κ1) is 11.6. The summed E-state index contributed by atoms with van der Waals surface area (Å²) in [5.74, 6) is -0.998. The number of hydrogen-bond acceptors (Lipinski definition) is 4. The molecule has 1 aromatic rings. The number of rotatable bonds is 3. The lowest BCUT2D eigenvalue weighted by Crippen LogP contribution is -2.35. The van der Waals surface area contributed by atoms with E-state index in [2.05, 4.69) is 5.10 Å². The molecule has 1 fully saturated rings. The van der Waals surface area contributed by atoms with Crippen LogP contribution in [-0.4, -0.2) is 25.8 Å². The number of carbonyl (C=O) groups is 1. The molecule has 7 nitrogen and oxygen atoms in total. The van der Waals surface area contributed by atoms with Crippen molar-refractivity contribution in [1.29, 1.82) is 0 Å². The van der Waals surface area contributed by atoms with Gasteiger partial charge in [0.05, 0.1) is 4.92 Å². The van der Waals surface area contributed by atoms with Gasteiger partial charge in [0.2, 0.25) is 0 Å². The zero-order chi connectivity index (χ0) is 12.6. The van der Waals surface area contributed by atoms with Gasteiger partial charge < -0.3 is 5.11 Å². The monoisotopic (exact) mass is 239 g/mol. The van der Waals surface area contributed by atoms with Gasteiger partial charge in [-0.1, -0.05) is 12.8 Å². The third-order valence-corrected chi connectivity index (χ3v) is 3.44. The summed E-state index contributed by atoms with van der Waals surface area (Å²) in [7, 11) is 1.55. The molecule has 2 rings (SSSR count). The first-order valence-electron chi connectivity index (χ1n) is 5.39. The smallest absolute Gasteiger partial charge is 0.316 e. The van der Waals surface area contributed by atoms with Crippen molar-refractivity contribution in [1.82, 2.24) is 9.78 Å². The highest BCUT2D eigenvalue weighted by Crippen LogP contribution is 2.44. The van der Waals surface area contributed by atoms with Crippen LogP contribution in [0, 0.1) is 10.1 Å². The fraction of sp³-hybridized carbons (Fsp3) is 0.600. The molecule has 0 saturated heterocycles. The Hall–Kier alpha value is -1.92. The van der Waals surface area contributed by atoms with E-state index in [9.17, 15) is 20.0 Å². The van der Waals surface area contributed by atoms with Gasteiger partial charge in [0.25, 0.3) is 0 Å². The van der Waals surface area contributed by atoms with Crippen molar-refractivity contribution >= 4 is 11.7 Å². The third kappa shape index (κ3) is 1.58. The van der Waals surface area contributed by atoms with Crippen LogP contribution in [0.2, 0.25) is 0 Å². The lowest BCUT2D eigenvalue weighted by molar-refractivity contribution is -0.386. The Morgan fingerprint density at radius 3 is 2.65 bits per heavy atom. The zero-order valence-corrected chi connectivity index (χ0v) is 9.42. The summed E-state index contributed by atoms with van der Waals surface area (Å²) >= 11 is 0. The van der Waals surface area contributed by atoms with Crippen molar-refractivity contribution in [3.8, 4) is 0 Å². The second-order valence-electron chi connectivity index (χ2n) is 4.35. The molecule has 0 unspecified atom stereocenters. The van der Waals surface area contributed by atoms with E-state index in [4.69, 9.17) is 0 Å². The minimum atomic E-state index is -1.15. The highest BCUT2D eigenvalue weighted by molar-refractivity contribution is 5.82. The molecular formula is C10H13N3O4. The molecule has 7 heteroatoms. The van der Waals surface area contributed by atoms with Gasteiger partial charge in [-0.2, -0.15) is 5.10 Å². The molecule has 92 valence electrons. The number of aromatic nitrogens is 2. The van der Waals surface area contributed by atoms with Gasteiger partial charge in [-0.25, -0.2) is 0 Å². The number of hydrogen-bond donors (Lipinski definition) is 1. The Labute approximate surface area is 97.2 Å². The Morgan fingerprint density at radius 1 is 1.59 bits per heavy atom. The van der Waals surface area contributed by atoms with Gasteiger partial charge >= 0.3 is 11.7 Å². The largest absolute Gasteiger partial charge is 0.481 e. The minimum absolute atomic E-state index is 0.197. The first-order chi connectivity index (χ1) is 7.99. The lowest BCUT2D eigenvalue weighted by Gasteiger charge is -2.22. The van der Waals surface area contributed by atoms with Crippen LogP contribution in [-0.2, 0) is 17.3 Å². The van der Waals surface area contributed by atoms with Crippen LogP contribution in [0.1, 0.15) is 31.4 Å². The zero-order valence-electron chi connectivity index (χ0n) is 9.42. The van der Waals surface area contributed by atoms with E-state index < -0.39 is 16.3 Å². The van der Waals surface area contributed by atoms with Crippen molar-refractivity contribution in [2.45, 2.75) is 31.1 Å². The fourth-order valence-corrected chi connectivity index (χ4v) is 2.64. The average molecular weight is 239 g/mol. The first-order valence-corrected chi connectivity index (χ1v) is 5.39. The summed E-state index contributed by atoms with van der Waals surface area (Å²) in [5.41, 5.74) is -1.13. The second-order valence-corrected chi connectivity index (χ2v) is 4.35. The van der Waals surface area contributed by atoms with E-state index in [0.29, 0.717) is 12.8 Å². The van der Waals surface area contributed by atoms with Gasteiger partial charge in [-0.05, 0) is 12.8 Å². The summed E-state index contributed by atoms with van der Waals surface area (Å²) in [6, 6.07) is 0. The maximum absolute atomic E-state index is 11.5. The Morgan fingerprint density at radius 2 is 2.18 bits per heavy atom. The summed E-state index contributed by atoms with van der Waals surface area (Å²) in [6.45, 7) is 0. The van der Waals surface area contributed by atoms with Gasteiger partial charge in [0.1, 0.15) is 17.3 Å². The number of nitro groups is 1. The summed E-state index contributed by atoms with van der Waals surface area (Å²) < 4.78 is 1.32. The predicted octanol–water partition coefficient (Wildman–Crippen LogP) is 1.22. The molecule has 17 heavy (non-hydrogen) atoms. The van der Waals surface area contributed by atoms with E-state index in [1.807, 2.05) is 0 Å². The van der Waals surface area contributed by atoms with Crippen LogP contribution >= 0.6 is 0 Å². The molecule has 1 heterocycles. The predicted molar refractivity (Wildman–Crippen MR) is 57.6 cm³/mol. The Kier molecular flexibility index (Phi) is 2.60. The molecule has 0 spiro atoms. The van der Waals surface area contributed by atoms with Crippen LogP contribution in [0.3, 0.4) is 0 Å². The number of carboxylic acid groups (broad SMARTS) is 1. The van der Waals surface area contributed by atoms with E-state index >= 15 is 0 Å². The van der Waals surface area contributed by atoms with Crippen LogP contribution < -0.4 is 0 Å². The molecule has 0 atom stereocenters. The number of aliphatic carboxylic acids is 1. The molecule has 0 aromatic carbocycles. The van der Waals surface area contributed by atoms with Crippen molar-refractivity contribution in [3.63, 3.8) is 0 Å². The molecule has 1 N–H and O–H groups in total. The van der Waals surface area contributed by atoms with Crippen molar-refractivity contribution in [2.75, 3.05) is 0 Å². The van der Waals surface area contributed by atoms with Crippen LogP contribution in [0.4, 0.5) is 5.69 Å². The Bertz CT molecular complexity index is 474. The quantitative estimate of drug-likeness (QED) is 0.631. The standard InChI is InChI=1S/C10H13N3O4/c1-12-8(7(6-11-12)13(16)17)10(9(14)15)4-2-3-5-10/h6H,2-5H2,1H3,(H,14,15). The Balaban J connectivity index is 2.61. The number of aryl methyl sites for hydroxylation is 1. The van der Waals surface area contributed by atoms with Gasteiger partial charge in [-0.3, -0.25) is 19.6 Å². The molecule has 0 radical (unpaired) electrons. The molecule has 0 bridgehead atoms. The molecule has 1 saturated carbocycles. The number of nitrogens with zero attached hydrogens (tertiary/aromatic N) is 3. The van der Waals surface area contributed by atoms with E-state index in [-0.39, 0.29) is 11.4 Å². The molecule has 1 aliphatic rings. The second kappa shape index (κ2) is 3.83. The average Bonchev–Trinajstić information content (AvgIpc) is 2.83. The van der Waals surface area contributed by atoms with Crippen LogP contribution in [0.25, 0.3) is 0 Å². The molecule has 1 aromatic heterocycles. The minimum Gasteiger partial charge on any atom is -0.481 e. The highest BCUT2D eigenvalue weighted by Gasteiger charge is 2.49. The van der Waals surface area contributed by atoms with E-state index in [0.717, 1.165) is 19.0 Å². The maximum Gasteiger partial charge on any atom is 0.316 e. The molecule has 1 aliphatic carbocycles. The topological polar surface area (TPSA) is 98.3 Å². The molecule has 0 aliphatic heterocycles. The summed E-state index contributed by atoms with van der Waals surface area (Å²) in [4.78, 5) is 21.8. The van der Waals surface area contributed by atoms with Crippen LogP contribution in [0.15, 0.2) is 6.20 Å². The lowest BCUT2D eigenvalue weighted by atomic mass is 9.82. The fourth-order valence-electron chi connectivity index (χ4n) is 2.64. The highest BCUT2D eigenvalue weighted by atomic mass is 16.6. The molecule has 0 amide bonds. The van der Waals surface area contributed by atoms with Gasteiger partial charge in [0.15, 0.2) is 0 Å². The summed E-state index contributed by atoms with van der Waals surface area (Å²) in [6.07, 6.45) is 3.53. The van der Waals surface area contributed by atoms with Crippen molar-refractivity contribution < 1.29 is 14.8 Å². The van der Waals surface area contributed by atoms with Crippen molar-refractivity contribution in [3.05, 3.63) is 22.0 Å². The third-order valence-electron chi connectivity index (χ3n) is 3.44. The van der Waals surface area contributed by atoms with Crippen molar-refractivity contribution in [2.24, 2.45) is 7.05 Å². The van der Waals surface area contributed by atoms with Crippen LogP contribution in [0.5, 0.6) is 0 Å². The van der Waals surface area contributed by atoms with E-state index in [1.54, 1.807) is 7.05 Å². The maximum atomic E-state index is 11.5. The van der Waals surface area contributed by atoms with Gasteiger partial charge in [0, 0.05) is 7.05 Å².